The molecule has 0 radical (unpaired) electrons. The van der Waals surface area contributed by atoms with E-state index in [9.17, 15) is 9.18 Å². The van der Waals surface area contributed by atoms with Crippen LogP contribution in [0.1, 0.15) is 46.3 Å². The zero-order chi connectivity index (χ0) is 18.6. The third kappa shape index (κ3) is 3.84. The first-order chi connectivity index (χ1) is 13.2. The van der Waals surface area contributed by atoms with Gasteiger partial charge in [-0.25, -0.2) is 9.37 Å². The van der Waals surface area contributed by atoms with Crippen molar-refractivity contribution in [2.24, 2.45) is 0 Å². The lowest BCUT2D eigenvalue weighted by atomic mass is 10.1. The number of carbonyl (C=O) groups excluding carboxylic acids is 1. The molecule has 1 aliphatic heterocycles. The van der Waals surface area contributed by atoms with E-state index >= 15 is 0 Å². The van der Waals surface area contributed by atoms with Gasteiger partial charge in [-0.05, 0) is 42.7 Å². The molecule has 0 aliphatic carbocycles. The molecule has 1 aromatic carbocycles. The molecule has 0 bridgehead atoms. The quantitative estimate of drug-likeness (QED) is 0.712. The number of rotatable bonds is 4. The maximum atomic E-state index is 13.1. The van der Waals surface area contributed by atoms with Gasteiger partial charge in [0.05, 0.1) is 17.9 Å². The molecule has 3 heterocycles. The second-order valence-electron chi connectivity index (χ2n) is 6.60. The highest BCUT2D eigenvalue weighted by Crippen LogP contribution is 2.32. The number of amides is 1. The summed E-state index contributed by atoms with van der Waals surface area (Å²) in [6.45, 7) is 0.684. The molecule has 6 heteroatoms. The predicted octanol–water partition coefficient (Wildman–Crippen LogP) is 3.58. The maximum absolute atomic E-state index is 13.1. The summed E-state index contributed by atoms with van der Waals surface area (Å²) in [4.78, 5) is 27.5. The second-order valence-corrected chi connectivity index (χ2v) is 6.60. The van der Waals surface area contributed by atoms with Gasteiger partial charge in [-0.1, -0.05) is 18.2 Å². The summed E-state index contributed by atoms with van der Waals surface area (Å²) >= 11 is 0. The highest BCUT2D eigenvalue weighted by Gasteiger charge is 2.32. The number of pyridine rings is 1. The van der Waals surface area contributed by atoms with Crippen molar-refractivity contribution in [3.63, 3.8) is 0 Å². The average molecular weight is 362 g/mol. The predicted molar refractivity (Wildman–Crippen MR) is 98.5 cm³/mol. The van der Waals surface area contributed by atoms with Crippen molar-refractivity contribution in [2.75, 3.05) is 6.54 Å². The number of aromatic nitrogens is 3. The van der Waals surface area contributed by atoms with Crippen molar-refractivity contribution >= 4 is 5.91 Å². The molecule has 0 saturated carbocycles. The van der Waals surface area contributed by atoms with Gasteiger partial charge in [0.2, 0.25) is 0 Å². The van der Waals surface area contributed by atoms with Gasteiger partial charge in [-0.2, -0.15) is 0 Å². The summed E-state index contributed by atoms with van der Waals surface area (Å²) in [6, 6.07) is 12.3. The number of carbonyl (C=O) groups is 1. The number of benzene rings is 1. The lowest BCUT2D eigenvalue weighted by Crippen LogP contribution is -2.31. The van der Waals surface area contributed by atoms with Gasteiger partial charge in [0.15, 0.2) is 0 Å². The first-order valence-electron chi connectivity index (χ1n) is 8.98. The van der Waals surface area contributed by atoms with E-state index in [4.69, 9.17) is 4.98 Å². The summed E-state index contributed by atoms with van der Waals surface area (Å²) in [5.74, 6) is -0.360. The fourth-order valence-electron chi connectivity index (χ4n) is 3.47. The minimum absolute atomic E-state index is 0.0623. The van der Waals surface area contributed by atoms with Crippen LogP contribution in [0.25, 0.3) is 0 Å². The zero-order valence-electron chi connectivity index (χ0n) is 14.8. The molecule has 0 spiro atoms. The third-order valence-corrected chi connectivity index (χ3v) is 4.76. The van der Waals surface area contributed by atoms with E-state index < -0.39 is 0 Å². The molecule has 1 aliphatic rings. The Labute approximate surface area is 156 Å². The number of hydrogen-bond acceptors (Lipinski definition) is 4. The molecule has 5 nitrogen and oxygen atoms in total. The van der Waals surface area contributed by atoms with Gasteiger partial charge >= 0.3 is 0 Å². The van der Waals surface area contributed by atoms with E-state index in [2.05, 4.69) is 9.97 Å². The Morgan fingerprint density at radius 3 is 2.78 bits per heavy atom. The summed E-state index contributed by atoms with van der Waals surface area (Å²) in [5.41, 5.74) is 3.13. The first kappa shape index (κ1) is 17.3. The zero-order valence-corrected chi connectivity index (χ0v) is 14.8. The van der Waals surface area contributed by atoms with E-state index in [0.29, 0.717) is 18.7 Å². The average Bonchev–Trinajstić information content (AvgIpc) is 3.20. The van der Waals surface area contributed by atoms with Gasteiger partial charge in [0.25, 0.3) is 5.91 Å². The van der Waals surface area contributed by atoms with E-state index in [1.54, 1.807) is 18.3 Å². The molecule has 4 rings (SSSR count). The normalized spacial score (nSPS) is 16.5. The molecule has 3 aromatic rings. The molecule has 1 atom stereocenters. The summed E-state index contributed by atoms with van der Waals surface area (Å²) < 4.78 is 13.1. The molecule has 0 N–H and O–H groups in total. The molecule has 27 heavy (non-hydrogen) atoms. The highest BCUT2D eigenvalue weighted by molar-refractivity contribution is 5.92. The molecule has 2 aromatic heterocycles. The standard InChI is InChI=1S/C21H19FN4O/c22-16-8-6-15(7-9-16)13-17-3-1-4-18(25-17)20-5-2-12-26(20)21(27)19-14-23-10-11-24-19/h1,3-4,6-11,14,20H,2,5,12-13H2. The van der Waals surface area contributed by atoms with Gasteiger partial charge in [0, 0.05) is 31.1 Å². The SMILES string of the molecule is O=C(c1cnccn1)N1CCCC1c1cccc(Cc2ccc(F)cc2)n1. The van der Waals surface area contributed by atoms with Crippen molar-refractivity contribution in [3.05, 3.63) is 89.5 Å². The van der Waals surface area contributed by atoms with Gasteiger partial charge in [-0.3, -0.25) is 14.8 Å². The van der Waals surface area contributed by atoms with Crippen molar-refractivity contribution in [3.8, 4) is 0 Å². The molecule has 1 fully saturated rings. The maximum Gasteiger partial charge on any atom is 0.274 e. The van der Waals surface area contributed by atoms with Gasteiger partial charge < -0.3 is 4.90 Å². The van der Waals surface area contributed by atoms with E-state index in [1.807, 2.05) is 23.1 Å². The van der Waals surface area contributed by atoms with Crippen molar-refractivity contribution in [1.82, 2.24) is 19.9 Å². The number of halogens is 1. The summed E-state index contributed by atoms with van der Waals surface area (Å²) in [6.07, 6.45) is 7.01. The highest BCUT2D eigenvalue weighted by atomic mass is 19.1. The summed E-state index contributed by atoms with van der Waals surface area (Å²) in [7, 11) is 0. The van der Waals surface area contributed by atoms with Crippen LogP contribution in [-0.4, -0.2) is 32.3 Å². The Morgan fingerprint density at radius 1 is 1.15 bits per heavy atom. The Balaban J connectivity index is 1.55. The lowest BCUT2D eigenvalue weighted by molar-refractivity contribution is 0.0726. The smallest absolute Gasteiger partial charge is 0.274 e. The largest absolute Gasteiger partial charge is 0.329 e. The Kier molecular flexibility index (Phi) is 4.87. The van der Waals surface area contributed by atoms with E-state index in [-0.39, 0.29) is 17.8 Å². The first-order valence-corrected chi connectivity index (χ1v) is 8.98. The number of nitrogens with zero attached hydrogens (tertiary/aromatic N) is 4. The third-order valence-electron chi connectivity index (χ3n) is 4.76. The Morgan fingerprint density at radius 2 is 2.00 bits per heavy atom. The Bertz CT molecular complexity index is 930. The molecular weight excluding hydrogens is 343 g/mol. The van der Waals surface area contributed by atoms with Crippen LogP contribution in [0.5, 0.6) is 0 Å². The molecule has 1 amide bonds. The van der Waals surface area contributed by atoms with Gasteiger partial charge in [-0.15, -0.1) is 0 Å². The molecular formula is C21H19FN4O. The monoisotopic (exact) mass is 362 g/mol. The van der Waals surface area contributed by atoms with E-state index in [0.717, 1.165) is 29.8 Å². The lowest BCUT2D eigenvalue weighted by Gasteiger charge is -2.24. The van der Waals surface area contributed by atoms with Crippen LogP contribution in [-0.2, 0) is 6.42 Å². The fourth-order valence-corrected chi connectivity index (χ4v) is 3.47. The Hall–Kier alpha value is -3.15. The van der Waals surface area contributed by atoms with Crippen LogP contribution in [0.2, 0.25) is 0 Å². The summed E-state index contributed by atoms with van der Waals surface area (Å²) in [5, 5.41) is 0. The molecule has 136 valence electrons. The topological polar surface area (TPSA) is 59.0 Å². The van der Waals surface area contributed by atoms with E-state index in [1.165, 1.54) is 24.5 Å². The van der Waals surface area contributed by atoms with Crippen LogP contribution in [0.4, 0.5) is 4.39 Å². The van der Waals surface area contributed by atoms with Gasteiger partial charge in [0.1, 0.15) is 11.5 Å². The minimum Gasteiger partial charge on any atom is -0.329 e. The van der Waals surface area contributed by atoms with Crippen LogP contribution in [0.15, 0.2) is 61.1 Å². The van der Waals surface area contributed by atoms with Crippen molar-refractivity contribution in [1.29, 1.82) is 0 Å². The fraction of sp³-hybridized carbons (Fsp3) is 0.238. The number of likely N-dealkylation sites (tertiary alicyclic amines) is 1. The molecule has 1 saturated heterocycles. The van der Waals surface area contributed by atoms with Crippen molar-refractivity contribution in [2.45, 2.75) is 25.3 Å². The van der Waals surface area contributed by atoms with Crippen LogP contribution in [0, 0.1) is 5.82 Å². The second kappa shape index (κ2) is 7.61. The van der Waals surface area contributed by atoms with Crippen molar-refractivity contribution < 1.29 is 9.18 Å². The van der Waals surface area contributed by atoms with Crippen LogP contribution < -0.4 is 0 Å². The van der Waals surface area contributed by atoms with Crippen LogP contribution >= 0.6 is 0 Å². The minimum atomic E-state index is -0.246. The molecule has 1 unspecified atom stereocenters. The van der Waals surface area contributed by atoms with Crippen LogP contribution in [0.3, 0.4) is 0 Å². The number of hydrogen-bond donors (Lipinski definition) is 0.